The molecule has 29 heavy (non-hydrogen) atoms. The lowest BCUT2D eigenvalue weighted by Gasteiger charge is -2.27. The Morgan fingerprint density at radius 2 is 1.07 bits per heavy atom. The van der Waals surface area contributed by atoms with Crippen LogP contribution in [0.4, 0.5) is 39.5 Å². The van der Waals surface area contributed by atoms with E-state index in [1.165, 1.54) is 24.3 Å². The molecule has 0 bridgehead atoms. The Morgan fingerprint density at radius 1 is 0.655 bits per heavy atom. The van der Waals surface area contributed by atoms with Gasteiger partial charge in [0, 0.05) is 0 Å². The smallest absolute Gasteiger partial charge is 0.171 e. The SMILES string of the molecule is Cc1c(C(F)(F)F)cc(-c2ccc(CC(C)(C)C(F)(F)F)cc2)cc1C(F)(F)F. The zero-order chi connectivity index (χ0) is 22.4. The highest BCUT2D eigenvalue weighted by Crippen LogP contribution is 2.43. The molecule has 2 aromatic carbocycles. The third-order valence-corrected chi connectivity index (χ3v) is 4.72. The van der Waals surface area contributed by atoms with Crippen molar-refractivity contribution >= 4 is 0 Å². The quantitative estimate of drug-likeness (QED) is 0.437. The fraction of sp³-hybridized carbons (Fsp3) is 0.400. The number of halogens is 9. The molecule has 0 atom stereocenters. The molecule has 0 heterocycles. The summed E-state index contributed by atoms with van der Waals surface area (Å²) in [6.07, 6.45) is -14.8. The van der Waals surface area contributed by atoms with Crippen LogP contribution < -0.4 is 0 Å². The normalized spacial score (nSPS) is 13.7. The van der Waals surface area contributed by atoms with Crippen LogP contribution in [0.3, 0.4) is 0 Å². The first-order valence-corrected chi connectivity index (χ1v) is 8.38. The van der Waals surface area contributed by atoms with Crippen molar-refractivity contribution in [3.63, 3.8) is 0 Å². The monoisotopic (exact) mass is 428 g/mol. The predicted molar refractivity (Wildman–Crippen MR) is 90.2 cm³/mol. The van der Waals surface area contributed by atoms with E-state index < -0.39 is 40.6 Å². The van der Waals surface area contributed by atoms with E-state index in [1.807, 2.05) is 0 Å². The fourth-order valence-electron chi connectivity index (χ4n) is 2.90. The van der Waals surface area contributed by atoms with Gasteiger partial charge in [0.05, 0.1) is 16.5 Å². The first-order valence-electron chi connectivity index (χ1n) is 8.38. The van der Waals surface area contributed by atoms with Crippen molar-refractivity contribution in [2.45, 2.75) is 45.7 Å². The highest BCUT2D eigenvalue weighted by atomic mass is 19.4. The van der Waals surface area contributed by atoms with Crippen LogP contribution in [0.2, 0.25) is 0 Å². The van der Waals surface area contributed by atoms with Crippen molar-refractivity contribution in [2.75, 3.05) is 0 Å². The molecule has 9 heteroatoms. The minimum absolute atomic E-state index is 0.0366. The lowest BCUT2D eigenvalue weighted by molar-refractivity contribution is -0.211. The molecule has 0 aromatic heterocycles. The molecule has 0 saturated heterocycles. The van der Waals surface area contributed by atoms with E-state index in [1.54, 1.807) is 0 Å². The molecule has 0 nitrogen and oxygen atoms in total. The van der Waals surface area contributed by atoms with Crippen LogP contribution in [0, 0.1) is 12.3 Å². The van der Waals surface area contributed by atoms with Gasteiger partial charge >= 0.3 is 18.5 Å². The van der Waals surface area contributed by atoms with Gasteiger partial charge in [-0.05, 0) is 47.7 Å². The Morgan fingerprint density at radius 3 is 1.41 bits per heavy atom. The number of hydrogen-bond acceptors (Lipinski definition) is 0. The Labute approximate surface area is 161 Å². The summed E-state index contributed by atoms with van der Waals surface area (Å²) in [5.41, 5.74) is -5.82. The standard InChI is InChI=1S/C20H17F9/c1-11-15(18(21,22)23)8-14(9-16(11)19(24,25)26)13-6-4-12(5-7-13)10-17(2,3)20(27,28)29/h4-9H,10H2,1-3H3. The molecule has 0 aliphatic heterocycles. The minimum atomic E-state index is -4.99. The van der Waals surface area contributed by atoms with Crippen LogP contribution in [-0.2, 0) is 18.8 Å². The van der Waals surface area contributed by atoms with E-state index >= 15 is 0 Å². The van der Waals surface area contributed by atoms with Gasteiger partial charge in [-0.1, -0.05) is 38.1 Å². The molecule has 0 radical (unpaired) electrons. The van der Waals surface area contributed by atoms with Crippen molar-refractivity contribution in [1.29, 1.82) is 0 Å². The van der Waals surface area contributed by atoms with E-state index in [9.17, 15) is 39.5 Å². The molecular formula is C20H17F9. The number of rotatable bonds is 3. The van der Waals surface area contributed by atoms with Crippen molar-refractivity contribution in [3.05, 3.63) is 58.7 Å². The summed E-state index contributed by atoms with van der Waals surface area (Å²) in [4.78, 5) is 0. The zero-order valence-corrected chi connectivity index (χ0v) is 15.6. The molecule has 0 aliphatic carbocycles. The van der Waals surface area contributed by atoms with E-state index in [0.717, 1.165) is 20.8 Å². The molecule has 0 amide bonds. The van der Waals surface area contributed by atoms with Gasteiger partial charge in [0.1, 0.15) is 0 Å². The Hall–Kier alpha value is -2.19. The summed E-state index contributed by atoms with van der Waals surface area (Å²) in [5.74, 6) is 0. The van der Waals surface area contributed by atoms with E-state index in [2.05, 4.69) is 0 Å². The van der Waals surface area contributed by atoms with Crippen LogP contribution in [0.15, 0.2) is 36.4 Å². The maximum Gasteiger partial charge on any atom is 0.416 e. The summed E-state index contributed by atoms with van der Waals surface area (Å²) in [5, 5.41) is 0. The summed E-state index contributed by atoms with van der Waals surface area (Å²) in [7, 11) is 0. The van der Waals surface area contributed by atoms with Gasteiger partial charge in [0.15, 0.2) is 0 Å². The first-order chi connectivity index (χ1) is 12.9. The van der Waals surface area contributed by atoms with Crippen molar-refractivity contribution in [2.24, 2.45) is 5.41 Å². The highest BCUT2D eigenvalue weighted by molar-refractivity contribution is 5.67. The van der Waals surface area contributed by atoms with Crippen LogP contribution in [-0.4, -0.2) is 6.18 Å². The molecule has 160 valence electrons. The van der Waals surface area contributed by atoms with Crippen molar-refractivity contribution in [1.82, 2.24) is 0 Å². The van der Waals surface area contributed by atoms with Gasteiger partial charge < -0.3 is 0 Å². The molecule has 0 unspecified atom stereocenters. The third kappa shape index (κ3) is 5.05. The fourth-order valence-corrected chi connectivity index (χ4v) is 2.90. The zero-order valence-electron chi connectivity index (χ0n) is 15.6. The van der Waals surface area contributed by atoms with Crippen LogP contribution in [0.5, 0.6) is 0 Å². The lowest BCUT2D eigenvalue weighted by atomic mass is 9.84. The summed E-state index contributed by atoms with van der Waals surface area (Å²) in [6, 6.07) is 6.18. The van der Waals surface area contributed by atoms with Crippen LogP contribution in [0.25, 0.3) is 11.1 Å². The van der Waals surface area contributed by atoms with Gasteiger partial charge in [-0.25, -0.2) is 0 Å². The predicted octanol–water partition coefficient (Wildman–Crippen LogP) is 7.83. The van der Waals surface area contributed by atoms with Gasteiger partial charge in [-0.15, -0.1) is 0 Å². The Bertz CT molecular complexity index is 832. The molecular weight excluding hydrogens is 411 g/mol. The molecule has 0 saturated carbocycles. The van der Waals surface area contributed by atoms with E-state index in [4.69, 9.17) is 0 Å². The van der Waals surface area contributed by atoms with Crippen molar-refractivity contribution < 1.29 is 39.5 Å². The highest BCUT2D eigenvalue weighted by Gasteiger charge is 2.47. The van der Waals surface area contributed by atoms with Gasteiger partial charge in [0.25, 0.3) is 0 Å². The largest absolute Gasteiger partial charge is 0.416 e. The molecule has 0 spiro atoms. The maximum atomic E-state index is 13.2. The summed E-state index contributed by atoms with van der Waals surface area (Å²) in [6.45, 7) is 2.76. The minimum Gasteiger partial charge on any atom is -0.171 e. The average molecular weight is 428 g/mol. The topological polar surface area (TPSA) is 0 Å². The summed E-state index contributed by atoms with van der Waals surface area (Å²) >= 11 is 0. The lowest BCUT2D eigenvalue weighted by Crippen LogP contribution is -2.34. The number of benzene rings is 2. The maximum absolute atomic E-state index is 13.2. The number of alkyl halides is 9. The second-order valence-electron chi connectivity index (χ2n) is 7.45. The molecule has 0 fully saturated rings. The van der Waals surface area contributed by atoms with Crippen LogP contribution in [0.1, 0.15) is 36.1 Å². The number of hydrogen-bond donors (Lipinski definition) is 0. The Balaban J connectivity index is 2.50. The van der Waals surface area contributed by atoms with Gasteiger partial charge in [-0.3, -0.25) is 0 Å². The van der Waals surface area contributed by atoms with Gasteiger partial charge in [0.2, 0.25) is 0 Å². The second kappa shape index (κ2) is 7.25. The van der Waals surface area contributed by atoms with Gasteiger partial charge in [-0.2, -0.15) is 39.5 Å². The molecule has 0 aliphatic rings. The molecule has 0 N–H and O–H groups in total. The Kier molecular flexibility index (Phi) is 5.77. The molecule has 2 aromatic rings. The van der Waals surface area contributed by atoms with Crippen molar-refractivity contribution in [3.8, 4) is 11.1 Å². The average Bonchev–Trinajstić information content (AvgIpc) is 2.52. The second-order valence-corrected chi connectivity index (χ2v) is 7.45. The third-order valence-electron chi connectivity index (χ3n) is 4.72. The summed E-state index contributed by atoms with van der Waals surface area (Å²) < 4.78 is 118. The first kappa shape index (κ1) is 23.1. The van der Waals surface area contributed by atoms with E-state index in [0.29, 0.717) is 12.1 Å². The van der Waals surface area contributed by atoms with Crippen LogP contribution >= 0.6 is 0 Å². The van der Waals surface area contributed by atoms with E-state index in [-0.39, 0.29) is 23.1 Å². The molecule has 2 rings (SSSR count).